The molecule has 2 heterocycles. The molecule has 0 saturated heterocycles. The van der Waals surface area contributed by atoms with Gasteiger partial charge in [-0.25, -0.2) is 9.78 Å². The van der Waals surface area contributed by atoms with Gasteiger partial charge in [-0.2, -0.15) is 0 Å². The third-order valence-corrected chi connectivity index (χ3v) is 3.99. The van der Waals surface area contributed by atoms with E-state index in [4.69, 9.17) is 14.2 Å². The molecule has 0 fully saturated rings. The van der Waals surface area contributed by atoms with Gasteiger partial charge in [0.1, 0.15) is 17.7 Å². The molecule has 1 atom stereocenters. The molecule has 0 saturated carbocycles. The van der Waals surface area contributed by atoms with E-state index in [0.717, 1.165) is 0 Å². The smallest absolute Gasteiger partial charge is 0.331 e. The third-order valence-electron chi connectivity index (χ3n) is 3.25. The number of fused-ring (bicyclic) bond motifs is 1. The molecule has 3 rings (SSSR count). The summed E-state index contributed by atoms with van der Waals surface area (Å²) < 4.78 is 16.1. The standard InChI is InChI=1S/C17H16N2O5S/c20-15(11-23-17(21)6-5-16-18-7-8-25-16)19-9-12-10-22-13-3-1-2-4-14(13)24-12/h1-8,12H,9-11H2,(H,19,20)/b6-5+. The first-order valence-electron chi connectivity index (χ1n) is 7.60. The number of esters is 1. The molecular formula is C17H16N2O5S. The summed E-state index contributed by atoms with van der Waals surface area (Å²) in [7, 11) is 0. The van der Waals surface area contributed by atoms with Crippen LogP contribution in [0.25, 0.3) is 6.08 Å². The van der Waals surface area contributed by atoms with Crippen LogP contribution in [0.3, 0.4) is 0 Å². The predicted molar refractivity (Wildman–Crippen MR) is 91.5 cm³/mol. The molecule has 1 aromatic heterocycles. The van der Waals surface area contributed by atoms with Gasteiger partial charge in [-0.3, -0.25) is 4.79 Å². The van der Waals surface area contributed by atoms with Gasteiger partial charge in [0.2, 0.25) is 0 Å². The lowest BCUT2D eigenvalue weighted by Gasteiger charge is -2.26. The van der Waals surface area contributed by atoms with Crippen LogP contribution in [0.2, 0.25) is 0 Å². The maximum atomic E-state index is 11.7. The van der Waals surface area contributed by atoms with Gasteiger partial charge in [0.15, 0.2) is 18.1 Å². The van der Waals surface area contributed by atoms with E-state index in [1.54, 1.807) is 17.6 Å². The summed E-state index contributed by atoms with van der Waals surface area (Å²) in [6.45, 7) is 0.249. The molecule has 25 heavy (non-hydrogen) atoms. The lowest BCUT2D eigenvalue weighted by molar-refractivity contribution is -0.143. The van der Waals surface area contributed by atoms with E-state index < -0.39 is 11.9 Å². The Bertz CT molecular complexity index is 760. The van der Waals surface area contributed by atoms with E-state index in [1.807, 2.05) is 18.2 Å². The third kappa shape index (κ3) is 5.05. The molecule has 8 heteroatoms. The number of thiazole rings is 1. The van der Waals surface area contributed by atoms with Crippen LogP contribution in [0.5, 0.6) is 11.5 Å². The van der Waals surface area contributed by atoms with Gasteiger partial charge in [0.25, 0.3) is 5.91 Å². The highest BCUT2D eigenvalue weighted by atomic mass is 32.1. The van der Waals surface area contributed by atoms with E-state index in [9.17, 15) is 9.59 Å². The van der Waals surface area contributed by atoms with Crippen LogP contribution in [-0.4, -0.2) is 42.7 Å². The van der Waals surface area contributed by atoms with Crippen molar-refractivity contribution in [3.63, 3.8) is 0 Å². The minimum Gasteiger partial charge on any atom is -0.486 e. The van der Waals surface area contributed by atoms with E-state index in [0.29, 0.717) is 23.1 Å². The highest BCUT2D eigenvalue weighted by Crippen LogP contribution is 2.30. The highest BCUT2D eigenvalue weighted by Gasteiger charge is 2.21. The second-order valence-electron chi connectivity index (χ2n) is 5.11. The Hall–Kier alpha value is -2.87. The van der Waals surface area contributed by atoms with E-state index in [2.05, 4.69) is 10.3 Å². The molecule has 130 valence electrons. The average Bonchev–Trinajstić information content (AvgIpc) is 3.16. The Morgan fingerprint density at radius 1 is 1.36 bits per heavy atom. The van der Waals surface area contributed by atoms with Crippen LogP contribution in [0.15, 0.2) is 41.9 Å². The quantitative estimate of drug-likeness (QED) is 0.623. The number of nitrogens with zero attached hydrogens (tertiary/aromatic N) is 1. The van der Waals surface area contributed by atoms with E-state index in [1.165, 1.54) is 23.5 Å². The number of aromatic nitrogens is 1. The molecule has 2 aromatic rings. The van der Waals surface area contributed by atoms with Crippen LogP contribution >= 0.6 is 11.3 Å². The summed E-state index contributed by atoms with van der Waals surface area (Å²) in [5, 5.41) is 5.14. The summed E-state index contributed by atoms with van der Waals surface area (Å²) in [4.78, 5) is 27.3. The molecule has 1 aliphatic heterocycles. The molecule has 1 aliphatic rings. The first kappa shape index (κ1) is 17.0. The second kappa shape index (κ2) is 8.29. The normalized spacial score (nSPS) is 15.8. The topological polar surface area (TPSA) is 86.8 Å². The molecule has 0 spiro atoms. The number of para-hydroxylation sites is 2. The summed E-state index contributed by atoms with van der Waals surface area (Å²) in [6.07, 6.45) is 4.12. The SMILES string of the molecule is O=C(COC(=O)/C=C/c1nccs1)NCC1COc2ccccc2O1. The van der Waals surface area contributed by atoms with Crippen molar-refractivity contribution in [2.24, 2.45) is 0 Å². The fraction of sp³-hybridized carbons (Fsp3) is 0.235. The Morgan fingerprint density at radius 3 is 3.00 bits per heavy atom. The highest BCUT2D eigenvalue weighted by molar-refractivity contribution is 7.10. The number of carbonyl (C=O) groups excluding carboxylic acids is 2. The zero-order chi connectivity index (χ0) is 17.5. The minimum atomic E-state index is -0.600. The fourth-order valence-corrected chi connectivity index (χ4v) is 2.61. The van der Waals surface area contributed by atoms with Gasteiger partial charge >= 0.3 is 5.97 Å². The van der Waals surface area contributed by atoms with Gasteiger partial charge in [-0.15, -0.1) is 11.3 Å². The number of benzene rings is 1. The summed E-state index contributed by atoms with van der Waals surface area (Å²) >= 11 is 1.40. The van der Waals surface area contributed by atoms with Crippen molar-refractivity contribution in [2.75, 3.05) is 19.8 Å². The molecule has 1 aromatic carbocycles. The van der Waals surface area contributed by atoms with Crippen molar-refractivity contribution < 1.29 is 23.8 Å². The lowest BCUT2D eigenvalue weighted by Crippen LogP contribution is -2.42. The second-order valence-corrected chi connectivity index (χ2v) is 6.04. The van der Waals surface area contributed by atoms with Crippen molar-refractivity contribution >= 4 is 29.3 Å². The lowest BCUT2D eigenvalue weighted by atomic mass is 10.2. The van der Waals surface area contributed by atoms with Gasteiger partial charge < -0.3 is 19.5 Å². The van der Waals surface area contributed by atoms with Gasteiger partial charge in [-0.05, 0) is 18.2 Å². The summed E-state index contributed by atoms with van der Waals surface area (Å²) in [5.74, 6) is 0.327. The Morgan fingerprint density at radius 2 is 2.20 bits per heavy atom. The Balaban J connectivity index is 1.36. The van der Waals surface area contributed by atoms with E-state index >= 15 is 0 Å². The van der Waals surface area contributed by atoms with Crippen molar-refractivity contribution in [3.05, 3.63) is 46.9 Å². The van der Waals surface area contributed by atoms with Crippen molar-refractivity contribution in [2.45, 2.75) is 6.10 Å². The van der Waals surface area contributed by atoms with Crippen LogP contribution in [0.4, 0.5) is 0 Å². The largest absolute Gasteiger partial charge is 0.486 e. The molecular weight excluding hydrogens is 344 g/mol. The molecule has 1 N–H and O–H groups in total. The maximum Gasteiger partial charge on any atom is 0.331 e. The first-order chi connectivity index (χ1) is 12.2. The van der Waals surface area contributed by atoms with Crippen LogP contribution in [-0.2, 0) is 14.3 Å². The number of nitrogens with one attached hydrogen (secondary N) is 1. The van der Waals surface area contributed by atoms with Gasteiger partial charge in [0, 0.05) is 17.7 Å². The zero-order valence-corrected chi connectivity index (χ0v) is 14.0. The molecule has 0 bridgehead atoms. The number of rotatable bonds is 6. The maximum absolute atomic E-state index is 11.7. The van der Waals surface area contributed by atoms with Crippen molar-refractivity contribution in [3.8, 4) is 11.5 Å². The van der Waals surface area contributed by atoms with Crippen molar-refractivity contribution in [1.82, 2.24) is 10.3 Å². The number of hydrogen-bond donors (Lipinski definition) is 1. The fourth-order valence-electron chi connectivity index (χ4n) is 2.08. The number of amides is 1. The monoisotopic (exact) mass is 360 g/mol. The first-order valence-corrected chi connectivity index (χ1v) is 8.48. The zero-order valence-electron chi connectivity index (χ0n) is 13.2. The minimum absolute atomic E-state index is 0.264. The Labute approximate surface area is 148 Å². The van der Waals surface area contributed by atoms with E-state index in [-0.39, 0.29) is 19.3 Å². The number of ether oxygens (including phenoxy) is 3. The van der Waals surface area contributed by atoms with Crippen LogP contribution in [0, 0.1) is 0 Å². The molecule has 0 aliphatic carbocycles. The summed E-state index contributed by atoms with van der Waals surface area (Å²) in [6, 6.07) is 7.34. The van der Waals surface area contributed by atoms with Gasteiger partial charge in [-0.1, -0.05) is 12.1 Å². The predicted octanol–water partition coefficient (Wildman–Crippen LogP) is 1.66. The van der Waals surface area contributed by atoms with Crippen molar-refractivity contribution in [1.29, 1.82) is 0 Å². The molecule has 0 radical (unpaired) electrons. The molecule has 7 nitrogen and oxygen atoms in total. The molecule has 1 unspecified atom stereocenters. The van der Waals surface area contributed by atoms with Gasteiger partial charge in [0.05, 0.1) is 6.54 Å². The Kier molecular flexibility index (Phi) is 5.63. The molecule has 1 amide bonds. The number of carbonyl (C=O) groups is 2. The van der Waals surface area contributed by atoms with Crippen LogP contribution < -0.4 is 14.8 Å². The number of hydrogen-bond acceptors (Lipinski definition) is 7. The van der Waals surface area contributed by atoms with Crippen LogP contribution in [0.1, 0.15) is 5.01 Å². The average molecular weight is 360 g/mol. The summed E-state index contributed by atoms with van der Waals surface area (Å²) in [5.41, 5.74) is 0.